The van der Waals surface area contributed by atoms with Gasteiger partial charge < -0.3 is 0 Å². The molecule has 0 aromatic carbocycles. The van der Waals surface area contributed by atoms with Crippen molar-refractivity contribution in [3.63, 3.8) is 0 Å². The topological polar surface area (TPSA) is 87.6 Å². The van der Waals surface area contributed by atoms with Gasteiger partial charge in [-0.2, -0.15) is 10.5 Å². The number of amidine groups is 1. The minimum absolute atomic E-state index is 0.0325. The van der Waals surface area contributed by atoms with Gasteiger partial charge in [0.1, 0.15) is 0 Å². The van der Waals surface area contributed by atoms with E-state index in [1.807, 2.05) is 23.5 Å². The molecule has 26 heavy (non-hydrogen) atoms. The Hall–Kier alpha value is -1.11. The van der Waals surface area contributed by atoms with Crippen molar-refractivity contribution >= 4 is 29.4 Å². The lowest BCUT2D eigenvalue weighted by atomic mass is 9.46. The van der Waals surface area contributed by atoms with Gasteiger partial charge in [0, 0.05) is 11.8 Å². The minimum Gasteiger partial charge on any atom is -0.290 e. The molecule has 1 saturated carbocycles. The van der Waals surface area contributed by atoms with Crippen LogP contribution in [0.4, 0.5) is 0 Å². The number of nitrogens with zero attached hydrogens (tertiary/aromatic N) is 2. The molecule has 1 heterocycles. The Kier molecular flexibility index (Phi) is 5.66. The lowest BCUT2D eigenvalue weighted by molar-refractivity contribution is -0.494. The van der Waals surface area contributed by atoms with Crippen molar-refractivity contribution in [2.24, 2.45) is 28.4 Å². The standard InChI is InChI=1S/C20H28N4S2/c1-3-5-11-25-20(26-12-6-4-2)19(14-22)16-9-7-15(8-10-16)18(19,13-21)17(23)24-20/h7,9,15-16H,3-6,8,10-12H2,1-2H3,(H2,23,24)/p+1/t15-,16+,18+,19+/m0/s1. The van der Waals surface area contributed by atoms with Crippen LogP contribution in [0.25, 0.3) is 0 Å². The SMILES string of the molecule is CCCCSC1(SCCCC)[NH+]=C(N)[C@@]2(C#N)[C@H]3C=C[C@H](CC3)[C@@]12C#N. The molecular formula is C20H29N4S2+. The summed E-state index contributed by atoms with van der Waals surface area (Å²) >= 11 is 3.63. The third kappa shape index (κ3) is 2.38. The zero-order chi connectivity index (χ0) is 18.8. The van der Waals surface area contributed by atoms with Crippen molar-refractivity contribution in [3.05, 3.63) is 12.2 Å². The first-order valence-electron chi connectivity index (χ1n) is 9.78. The molecule has 1 fully saturated rings. The molecule has 0 amide bonds. The van der Waals surface area contributed by atoms with Gasteiger partial charge in [0.15, 0.2) is 10.8 Å². The Morgan fingerprint density at radius 2 is 1.65 bits per heavy atom. The Labute approximate surface area is 165 Å². The zero-order valence-corrected chi connectivity index (χ0v) is 17.4. The highest BCUT2D eigenvalue weighted by molar-refractivity contribution is 8.17. The van der Waals surface area contributed by atoms with Gasteiger partial charge in [0.05, 0.1) is 12.1 Å². The fourth-order valence-electron chi connectivity index (χ4n) is 4.95. The van der Waals surface area contributed by atoms with E-state index in [-0.39, 0.29) is 11.8 Å². The summed E-state index contributed by atoms with van der Waals surface area (Å²) in [6.45, 7) is 4.37. The average molecular weight is 390 g/mol. The predicted octanol–water partition coefficient (Wildman–Crippen LogP) is 2.77. The van der Waals surface area contributed by atoms with Crippen LogP contribution in [0.15, 0.2) is 12.2 Å². The molecule has 2 bridgehead atoms. The average Bonchev–Trinajstić information content (AvgIpc) is 2.91. The van der Waals surface area contributed by atoms with E-state index in [0.717, 1.165) is 50.0 Å². The van der Waals surface area contributed by atoms with E-state index >= 15 is 0 Å². The second kappa shape index (κ2) is 7.49. The van der Waals surface area contributed by atoms with E-state index in [4.69, 9.17) is 5.73 Å². The van der Waals surface area contributed by atoms with Gasteiger partial charge in [-0.1, -0.05) is 62.4 Å². The number of unbranched alkanes of at least 4 members (excludes halogenated alkanes) is 2. The molecule has 1 aliphatic heterocycles. The maximum atomic E-state index is 10.6. The lowest BCUT2D eigenvalue weighted by Crippen LogP contribution is -2.86. The quantitative estimate of drug-likeness (QED) is 0.379. The third-order valence-electron chi connectivity index (χ3n) is 6.30. The van der Waals surface area contributed by atoms with Crippen LogP contribution in [0.5, 0.6) is 0 Å². The summed E-state index contributed by atoms with van der Waals surface area (Å²) in [5.41, 5.74) is 4.81. The van der Waals surface area contributed by atoms with E-state index in [2.05, 4.69) is 43.1 Å². The Bertz CT molecular complexity index is 679. The number of nitrogens with one attached hydrogen (secondary N) is 1. The molecule has 0 aromatic heterocycles. The van der Waals surface area contributed by atoms with Crippen LogP contribution >= 0.6 is 23.5 Å². The second-order valence-electron chi connectivity index (χ2n) is 7.57. The Morgan fingerprint density at radius 3 is 2.12 bits per heavy atom. The summed E-state index contributed by atoms with van der Waals surface area (Å²) in [6, 6.07) is 5.26. The van der Waals surface area contributed by atoms with Gasteiger partial charge in [-0.3, -0.25) is 10.7 Å². The van der Waals surface area contributed by atoms with Crippen LogP contribution in [0.2, 0.25) is 0 Å². The van der Waals surface area contributed by atoms with Crippen molar-refractivity contribution in [3.8, 4) is 12.1 Å². The van der Waals surface area contributed by atoms with Gasteiger partial charge in [-0.25, -0.2) is 0 Å². The summed E-state index contributed by atoms with van der Waals surface area (Å²) in [6.07, 6.45) is 10.7. The van der Waals surface area contributed by atoms with Crippen LogP contribution in [-0.2, 0) is 0 Å². The number of nitriles is 2. The van der Waals surface area contributed by atoms with Crippen molar-refractivity contribution in [2.45, 2.75) is 56.6 Å². The molecule has 0 unspecified atom stereocenters. The Morgan fingerprint density at radius 1 is 1.08 bits per heavy atom. The molecule has 0 aromatic rings. The number of thioether (sulfide) groups is 2. The fraction of sp³-hybridized carbons (Fsp3) is 0.750. The van der Waals surface area contributed by atoms with Crippen LogP contribution in [0.3, 0.4) is 0 Å². The van der Waals surface area contributed by atoms with Crippen molar-refractivity contribution < 1.29 is 4.99 Å². The molecule has 4 atom stereocenters. The number of hydrogen-bond donors (Lipinski definition) is 2. The summed E-state index contributed by atoms with van der Waals surface area (Å²) in [5.74, 6) is 2.58. The molecular weight excluding hydrogens is 360 g/mol. The largest absolute Gasteiger partial charge is 0.290 e. The van der Waals surface area contributed by atoms with Crippen molar-refractivity contribution in [1.82, 2.24) is 0 Å². The molecule has 3 N–H and O–H groups in total. The van der Waals surface area contributed by atoms with Crippen LogP contribution in [-0.4, -0.2) is 21.5 Å². The van der Waals surface area contributed by atoms with Crippen molar-refractivity contribution in [1.29, 1.82) is 10.5 Å². The first-order valence-corrected chi connectivity index (χ1v) is 11.8. The monoisotopic (exact) mass is 389 g/mol. The highest BCUT2D eigenvalue weighted by atomic mass is 32.2. The van der Waals surface area contributed by atoms with Gasteiger partial charge in [-0.05, 0) is 37.2 Å². The molecule has 0 saturated heterocycles. The highest BCUT2D eigenvalue weighted by Gasteiger charge is 2.81. The van der Waals surface area contributed by atoms with Crippen LogP contribution < -0.4 is 10.7 Å². The maximum Gasteiger partial charge on any atom is 0.265 e. The smallest absolute Gasteiger partial charge is 0.265 e. The molecule has 140 valence electrons. The van der Waals surface area contributed by atoms with Gasteiger partial charge in [0.2, 0.25) is 4.20 Å². The lowest BCUT2D eigenvalue weighted by Gasteiger charge is -2.54. The number of fused-ring (bicyclic) bond motifs is 1. The molecule has 0 spiro atoms. The van der Waals surface area contributed by atoms with Gasteiger partial charge in [0.25, 0.3) is 5.84 Å². The highest BCUT2D eigenvalue weighted by Crippen LogP contribution is 2.69. The predicted molar refractivity (Wildman–Crippen MR) is 109 cm³/mol. The van der Waals surface area contributed by atoms with Crippen LogP contribution in [0, 0.1) is 45.3 Å². The first kappa shape index (κ1) is 19.6. The number of allylic oxidation sites excluding steroid dienone is 2. The maximum absolute atomic E-state index is 10.6. The van der Waals surface area contributed by atoms with Crippen LogP contribution in [0.1, 0.15) is 52.4 Å². The summed E-state index contributed by atoms with van der Waals surface area (Å²) in [4.78, 5) is 3.55. The van der Waals surface area contributed by atoms with Gasteiger partial charge >= 0.3 is 0 Å². The summed E-state index contributed by atoms with van der Waals surface area (Å²) < 4.78 is -0.542. The summed E-state index contributed by atoms with van der Waals surface area (Å²) in [5, 5.41) is 20.9. The summed E-state index contributed by atoms with van der Waals surface area (Å²) in [7, 11) is 0. The first-order chi connectivity index (χ1) is 12.6. The van der Waals surface area contributed by atoms with E-state index in [0.29, 0.717) is 5.84 Å². The van der Waals surface area contributed by atoms with E-state index in [1.54, 1.807) is 0 Å². The fourth-order valence-corrected chi connectivity index (χ4v) is 8.76. The molecule has 0 radical (unpaired) electrons. The molecule has 4 aliphatic rings. The second-order valence-corrected chi connectivity index (χ2v) is 10.5. The minimum atomic E-state index is -0.919. The van der Waals surface area contributed by atoms with E-state index in [1.165, 1.54) is 0 Å². The van der Waals surface area contributed by atoms with E-state index < -0.39 is 15.0 Å². The van der Waals surface area contributed by atoms with Gasteiger partial charge in [-0.15, -0.1) is 0 Å². The molecule has 4 rings (SSSR count). The molecule has 3 aliphatic carbocycles. The normalized spacial score (nSPS) is 36.2. The van der Waals surface area contributed by atoms with E-state index in [9.17, 15) is 10.5 Å². The number of rotatable bonds is 8. The molecule has 4 nitrogen and oxygen atoms in total. The molecule has 6 heteroatoms. The van der Waals surface area contributed by atoms with Crippen molar-refractivity contribution in [2.75, 3.05) is 11.5 Å². The Balaban J connectivity index is 2.13. The number of hydrogen-bond acceptors (Lipinski definition) is 5. The third-order valence-corrected chi connectivity index (χ3v) is 9.65. The zero-order valence-electron chi connectivity index (χ0n) is 15.8. The number of nitrogens with two attached hydrogens (primary N) is 1.